The first-order valence-electron chi connectivity index (χ1n) is 4.99. The lowest BCUT2D eigenvalue weighted by atomic mass is 9.87. The van der Waals surface area contributed by atoms with Crippen molar-refractivity contribution in [3.8, 4) is 0 Å². The molecule has 0 aromatic carbocycles. The normalized spacial score (nSPS) is 13.3. The molecule has 0 spiro atoms. The molecule has 0 aliphatic carbocycles. The Bertz CT molecular complexity index is 387. The summed E-state index contributed by atoms with van der Waals surface area (Å²) in [4.78, 5) is 15.8. The average Bonchev–Trinajstić information content (AvgIpc) is 2.19. The van der Waals surface area contributed by atoms with Crippen molar-refractivity contribution in [2.75, 3.05) is 5.32 Å². The molecule has 1 aromatic rings. The summed E-state index contributed by atoms with van der Waals surface area (Å²) in [6.07, 6.45) is 1.64. The van der Waals surface area contributed by atoms with Crippen LogP contribution in [0.5, 0.6) is 0 Å². The Morgan fingerprint density at radius 2 is 2.19 bits per heavy atom. The monoisotopic (exact) mass is 285 g/mol. The molecule has 0 bridgehead atoms. The summed E-state index contributed by atoms with van der Waals surface area (Å²) in [7, 11) is 0. The van der Waals surface area contributed by atoms with E-state index in [9.17, 15) is 4.79 Å². The predicted molar refractivity (Wildman–Crippen MR) is 68.0 cm³/mol. The van der Waals surface area contributed by atoms with Crippen LogP contribution < -0.4 is 11.1 Å². The van der Waals surface area contributed by atoms with Gasteiger partial charge in [0.25, 0.3) is 0 Å². The van der Waals surface area contributed by atoms with E-state index < -0.39 is 6.04 Å². The zero-order valence-electron chi connectivity index (χ0n) is 9.62. The van der Waals surface area contributed by atoms with Gasteiger partial charge in [0.05, 0.1) is 11.7 Å². The van der Waals surface area contributed by atoms with Crippen LogP contribution in [-0.4, -0.2) is 16.9 Å². The zero-order chi connectivity index (χ0) is 12.3. The van der Waals surface area contributed by atoms with Gasteiger partial charge in [-0.15, -0.1) is 0 Å². The topological polar surface area (TPSA) is 68.0 Å². The van der Waals surface area contributed by atoms with Gasteiger partial charge >= 0.3 is 0 Å². The first-order valence-corrected chi connectivity index (χ1v) is 5.78. The average molecular weight is 286 g/mol. The maximum atomic E-state index is 11.8. The molecule has 0 unspecified atom stereocenters. The van der Waals surface area contributed by atoms with Crippen molar-refractivity contribution in [2.24, 2.45) is 11.1 Å². The Balaban J connectivity index is 2.76. The van der Waals surface area contributed by atoms with E-state index in [4.69, 9.17) is 5.73 Å². The fourth-order valence-electron chi connectivity index (χ4n) is 1.08. The van der Waals surface area contributed by atoms with Gasteiger partial charge < -0.3 is 11.1 Å². The van der Waals surface area contributed by atoms with E-state index in [1.807, 2.05) is 20.8 Å². The number of rotatable bonds is 2. The van der Waals surface area contributed by atoms with Crippen molar-refractivity contribution in [3.63, 3.8) is 0 Å². The summed E-state index contributed by atoms with van der Waals surface area (Å²) in [5.41, 5.74) is 6.21. The number of halogens is 1. The number of anilines is 1. The van der Waals surface area contributed by atoms with Crippen molar-refractivity contribution >= 4 is 27.5 Å². The first-order chi connectivity index (χ1) is 7.32. The molecule has 0 aliphatic heterocycles. The Kier molecular flexibility index (Phi) is 4.04. The van der Waals surface area contributed by atoms with Gasteiger partial charge in [0.15, 0.2) is 0 Å². The zero-order valence-corrected chi connectivity index (χ0v) is 11.2. The molecule has 16 heavy (non-hydrogen) atoms. The van der Waals surface area contributed by atoms with E-state index in [1.54, 1.807) is 18.3 Å². The molecular formula is C11H16BrN3O. The standard InChI is InChI=1S/C11H16BrN3O/c1-11(2,3)8(13)10(16)15-7-5-4-6-14-9(7)12/h4-6,8H,13H2,1-3H3,(H,15,16)/t8-/m0/s1. The van der Waals surface area contributed by atoms with Crippen LogP contribution in [0.15, 0.2) is 22.9 Å². The van der Waals surface area contributed by atoms with Crippen molar-refractivity contribution < 1.29 is 4.79 Å². The summed E-state index contributed by atoms with van der Waals surface area (Å²) >= 11 is 3.26. The highest BCUT2D eigenvalue weighted by Crippen LogP contribution is 2.22. The summed E-state index contributed by atoms with van der Waals surface area (Å²) < 4.78 is 0.601. The first kappa shape index (κ1) is 13.1. The highest BCUT2D eigenvalue weighted by atomic mass is 79.9. The van der Waals surface area contributed by atoms with Crippen molar-refractivity contribution in [2.45, 2.75) is 26.8 Å². The van der Waals surface area contributed by atoms with Gasteiger partial charge in [0.1, 0.15) is 4.60 Å². The lowest BCUT2D eigenvalue weighted by Gasteiger charge is -2.25. The highest BCUT2D eigenvalue weighted by Gasteiger charge is 2.27. The van der Waals surface area contributed by atoms with E-state index in [0.29, 0.717) is 10.3 Å². The predicted octanol–water partition coefficient (Wildman–Crippen LogP) is 2.16. The molecule has 1 rings (SSSR count). The summed E-state index contributed by atoms with van der Waals surface area (Å²) in [6.45, 7) is 5.78. The number of amides is 1. The van der Waals surface area contributed by atoms with Crippen LogP contribution >= 0.6 is 15.9 Å². The molecule has 1 aromatic heterocycles. The van der Waals surface area contributed by atoms with Gasteiger partial charge in [-0.05, 0) is 33.5 Å². The number of hydrogen-bond acceptors (Lipinski definition) is 3. The molecule has 5 heteroatoms. The lowest BCUT2D eigenvalue weighted by molar-refractivity contribution is -0.119. The van der Waals surface area contributed by atoms with Gasteiger partial charge in [-0.1, -0.05) is 20.8 Å². The third-order valence-electron chi connectivity index (χ3n) is 2.23. The third-order valence-corrected chi connectivity index (χ3v) is 2.86. The Labute approximate surface area is 104 Å². The molecule has 88 valence electrons. The van der Waals surface area contributed by atoms with Gasteiger partial charge in [0, 0.05) is 6.20 Å². The van der Waals surface area contributed by atoms with Gasteiger partial charge in [0.2, 0.25) is 5.91 Å². The van der Waals surface area contributed by atoms with Gasteiger partial charge in [-0.2, -0.15) is 0 Å². The number of carbonyl (C=O) groups excluding carboxylic acids is 1. The number of carbonyl (C=O) groups is 1. The number of nitrogens with zero attached hydrogens (tertiary/aromatic N) is 1. The summed E-state index contributed by atoms with van der Waals surface area (Å²) in [5.74, 6) is -0.207. The second-order valence-corrected chi connectivity index (χ2v) is 5.43. The molecule has 3 N–H and O–H groups in total. The fraction of sp³-hybridized carbons (Fsp3) is 0.455. The molecule has 0 aliphatic rings. The van der Waals surface area contributed by atoms with Crippen LogP contribution in [0.2, 0.25) is 0 Å². The molecule has 1 heterocycles. The third kappa shape index (κ3) is 3.28. The Hall–Kier alpha value is -0.940. The van der Waals surface area contributed by atoms with E-state index in [-0.39, 0.29) is 11.3 Å². The molecule has 0 fully saturated rings. The molecule has 1 atom stereocenters. The van der Waals surface area contributed by atoms with Gasteiger partial charge in [-0.25, -0.2) is 4.98 Å². The number of aromatic nitrogens is 1. The summed E-state index contributed by atoms with van der Waals surface area (Å²) in [5, 5.41) is 2.74. The van der Waals surface area contributed by atoms with Crippen LogP contribution in [0.25, 0.3) is 0 Å². The minimum absolute atomic E-state index is 0.207. The van der Waals surface area contributed by atoms with Crippen LogP contribution in [0.4, 0.5) is 5.69 Å². The number of pyridine rings is 1. The minimum atomic E-state index is -0.556. The SMILES string of the molecule is CC(C)(C)[C@@H](N)C(=O)Nc1cccnc1Br. The van der Waals surface area contributed by atoms with Gasteiger partial charge in [-0.3, -0.25) is 4.79 Å². The largest absolute Gasteiger partial charge is 0.322 e. The fourth-order valence-corrected chi connectivity index (χ4v) is 1.43. The lowest BCUT2D eigenvalue weighted by Crippen LogP contribution is -2.45. The maximum absolute atomic E-state index is 11.8. The highest BCUT2D eigenvalue weighted by molar-refractivity contribution is 9.10. The molecular weight excluding hydrogens is 270 g/mol. The van der Waals surface area contributed by atoms with E-state index >= 15 is 0 Å². The smallest absolute Gasteiger partial charge is 0.241 e. The second kappa shape index (κ2) is 4.93. The van der Waals surface area contributed by atoms with E-state index in [2.05, 4.69) is 26.2 Å². The molecule has 1 amide bonds. The maximum Gasteiger partial charge on any atom is 0.241 e. The minimum Gasteiger partial charge on any atom is -0.322 e. The molecule has 4 nitrogen and oxygen atoms in total. The molecule has 0 radical (unpaired) electrons. The van der Waals surface area contributed by atoms with Crippen LogP contribution in [0.1, 0.15) is 20.8 Å². The van der Waals surface area contributed by atoms with Crippen LogP contribution in [0, 0.1) is 5.41 Å². The van der Waals surface area contributed by atoms with Crippen molar-refractivity contribution in [3.05, 3.63) is 22.9 Å². The van der Waals surface area contributed by atoms with Crippen molar-refractivity contribution in [1.29, 1.82) is 0 Å². The second-order valence-electron chi connectivity index (χ2n) is 4.67. The Morgan fingerprint density at radius 1 is 1.56 bits per heavy atom. The number of nitrogens with two attached hydrogens (primary N) is 1. The Morgan fingerprint density at radius 3 is 2.69 bits per heavy atom. The quantitative estimate of drug-likeness (QED) is 0.819. The molecule has 0 saturated carbocycles. The number of hydrogen-bond donors (Lipinski definition) is 2. The van der Waals surface area contributed by atoms with E-state index in [1.165, 1.54) is 0 Å². The summed E-state index contributed by atoms with van der Waals surface area (Å²) in [6, 6.07) is 2.97. The van der Waals surface area contributed by atoms with Crippen molar-refractivity contribution in [1.82, 2.24) is 4.98 Å². The molecule has 0 saturated heterocycles. The number of nitrogens with one attached hydrogen (secondary N) is 1. The van der Waals surface area contributed by atoms with Crippen LogP contribution in [-0.2, 0) is 4.79 Å². The van der Waals surface area contributed by atoms with Crippen LogP contribution in [0.3, 0.4) is 0 Å². The van der Waals surface area contributed by atoms with E-state index in [0.717, 1.165) is 0 Å².